The van der Waals surface area contributed by atoms with Crippen LogP contribution in [0.2, 0.25) is 10.0 Å². The van der Waals surface area contributed by atoms with Crippen LogP contribution in [0.3, 0.4) is 0 Å². The quantitative estimate of drug-likeness (QED) is 0.627. The Labute approximate surface area is 133 Å². The van der Waals surface area contributed by atoms with Crippen molar-refractivity contribution in [3.05, 3.63) is 52.0 Å². The fourth-order valence-electron chi connectivity index (χ4n) is 1.63. The lowest BCUT2D eigenvalue weighted by molar-refractivity contribution is 0.337. The van der Waals surface area contributed by atoms with Crippen molar-refractivity contribution in [2.24, 2.45) is 5.10 Å². The van der Waals surface area contributed by atoms with E-state index in [-0.39, 0.29) is 5.75 Å². The smallest absolute Gasteiger partial charge is 0.128 e. The third kappa shape index (κ3) is 4.28. The van der Waals surface area contributed by atoms with E-state index < -0.39 is 0 Å². The lowest BCUT2D eigenvalue weighted by atomic mass is 10.2. The zero-order chi connectivity index (χ0) is 15.2. The Morgan fingerprint density at radius 2 is 2.00 bits per heavy atom. The molecule has 0 aliphatic carbocycles. The molecular formula is C15H14Cl2N2O2. The first-order chi connectivity index (χ1) is 10.1. The molecule has 0 bridgehead atoms. The second kappa shape index (κ2) is 7.20. The summed E-state index contributed by atoms with van der Waals surface area (Å²) < 4.78 is 5.29. The number of phenols is 1. The maximum Gasteiger partial charge on any atom is 0.128 e. The van der Waals surface area contributed by atoms with E-state index in [0.717, 1.165) is 0 Å². The highest BCUT2D eigenvalue weighted by Crippen LogP contribution is 2.25. The average Bonchev–Trinajstić information content (AvgIpc) is 2.45. The van der Waals surface area contributed by atoms with E-state index >= 15 is 0 Å². The Bertz CT molecular complexity index is 660. The summed E-state index contributed by atoms with van der Waals surface area (Å²) in [6.07, 6.45) is 1.51. The molecule has 2 aromatic carbocycles. The lowest BCUT2D eigenvalue weighted by Gasteiger charge is -2.05. The van der Waals surface area contributed by atoms with Crippen molar-refractivity contribution in [3.8, 4) is 11.5 Å². The van der Waals surface area contributed by atoms with Crippen molar-refractivity contribution in [1.82, 2.24) is 0 Å². The molecule has 21 heavy (non-hydrogen) atoms. The molecule has 0 aliphatic rings. The minimum absolute atomic E-state index is 0.0978. The number of nitrogens with zero attached hydrogens (tertiary/aromatic N) is 1. The Morgan fingerprint density at radius 1 is 1.19 bits per heavy atom. The maximum atomic E-state index is 9.86. The number of ether oxygens (including phenoxy) is 1. The van der Waals surface area contributed by atoms with Gasteiger partial charge in [0.25, 0.3) is 0 Å². The van der Waals surface area contributed by atoms with Gasteiger partial charge in [0, 0.05) is 11.6 Å². The summed E-state index contributed by atoms with van der Waals surface area (Å²) in [6.45, 7) is 2.43. The molecule has 6 heteroatoms. The molecule has 0 fully saturated rings. The third-order valence-corrected chi connectivity index (χ3v) is 3.37. The van der Waals surface area contributed by atoms with E-state index in [1.165, 1.54) is 6.21 Å². The van der Waals surface area contributed by atoms with Crippen molar-refractivity contribution in [3.63, 3.8) is 0 Å². The van der Waals surface area contributed by atoms with E-state index in [9.17, 15) is 5.11 Å². The molecule has 0 heterocycles. The molecular weight excluding hydrogens is 311 g/mol. The van der Waals surface area contributed by atoms with Crippen LogP contribution in [0, 0.1) is 0 Å². The molecule has 0 unspecified atom stereocenters. The van der Waals surface area contributed by atoms with Crippen molar-refractivity contribution in [2.75, 3.05) is 12.0 Å². The second-order valence-corrected chi connectivity index (χ2v) is 4.97. The largest absolute Gasteiger partial charge is 0.507 e. The highest BCUT2D eigenvalue weighted by atomic mass is 35.5. The van der Waals surface area contributed by atoms with Gasteiger partial charge in [-0.1, -0.05) is 23.2 Å². The normalized spacial score (nSPS) is 10.8. The second-order valence-electron chi connectivity index (χ2n) is 4.15. The number of aromatic hydroxyl groups is 1. The van der Waals surface area contributed by atoms with Crippen LogP contribution in [0.4, 0.5) is 5.69 Å². The van der Waals surface area contributed by atoms with Gasteiger partial charge in [0.2, 0.25) is 0 Å². The van der Waals surface area contributed by atoms with Crippen molar-refractivity contribution in [1.29, 1.82) is 0 Å². The predicted octanol–water partition coefficient (Wildman–Crippen LogP) is 4.54. The number of benzene rings is 2. The third-order valence-electron chi connectivity index (χ3n) is 2.63. The Balaban J connectivity index is 2.05. The minimum Gasteiger partial charge on any atom is -0.507 e. The van der Waals surface area contributed by atoms with Crippen LogP contribution in [0.1, 0.15) is 12.5 Å². The number of phenolic OH excluding ortho intramolecular Hbond substituents is 1. The van der Waals surface area contributed by atoms with Crippen LogP contribution in [0.25, 0.3) is 0 Å². The molecule has 0 radical (unpaired) electrons. The predicted molar refractivity (Wildman–Crippen MR) is 87.0 cm³/mol. The van der Waals surface area contributed by atoms with Gasteiger partial charge in [0.1, 0.15) is 11.5 Å². The molecule has 4 nitrogen and oxygen atoms in total. The van der Waals surface area contributed by atoms with Crippen LogP contribution in [0.5, 0.6) is 11.5 Å². The van der Waals surface area contributed by atoms with Crippen LogP contribution >= 0.6 is 23.2 Å². The number of halogens is 2. The van der Waals surface area contributed by atoms with E-state index in [1.807, 2.05) is 6.92 Å². The lowest BCUT2D eigenvalue weighted by Crippen LogP contribution is -1.93. The van der Waals surface area contributed by atoms with Gasteiger partial charge >= 0.3 is 0 Å². The molecule has 110 valence electrons. The summed E-state index contributed by atoms with van der Waals surface area (Å²) >= 11 is 11.7. The van der Waals surface area contributed by atoms with E-state index in [1.54, 1.807) is 36.4 Å². The number of rotatable bonds is 5. The standard InChI is InChI=1S/C15H14Cl2N2O2/c1-2-21-12-5-3-10(15(20)8-12)9-18-19-11-4-6-13(16)14(17)7-11/h3-9,19-20H,2H2,1H3. The summed E-state index contributed by atoms with van der Waals surface area (Å²) in [4.78, 5) is 0. The summed E-state index contributed by atoms with van der Waals surface area (Å²) in [6, 6.07) is 10.1. The molecule has 0 saturated carbocycles. The summed E-state index contributed by atoms with van der Waals surface area (Å²) in [5, 5.41) is 14.8. The molecule has 0 spiro atoms. The van der Waals surface area contributed by atoms with Crippen molar-refractivity contribution < 1.29 is 9.84 Å². The fourth-order valence-corrected chi connectivity index (χ4v) is 1.93. The number of hydrazone groups is 1. The molecule has 0 amide bonds. The number of nitrogens with one attached hydrogen (secondary N) is 1. The maximum absolute atomic E-state index is 9.86. The highest BCUT2D eigenvalue weighted by molar-refractivity contribution is 6.42. The van der Waals surface area contributed by atoms with Gasteiger partial charge in [0.15, 0.2) is 0 Å². The molecule has 0 aromatic heterocycles. The van der Waals surface area contributed by atoms with Gasteiger partial charge in [0.05, 0.1) is 28.6 Å². The highest BCUT2D eigenvalue weighted by Gasteiger charge is 2.01. The number of anilines is 1. The van der Waals surface area contributed by atoms with Crippen LogP contribution in [-0.4, -0.2) is 17.9 Å². The monoisotopic (exact) mass is 324 g/mol. The van der Waals surface area contributed by atoms with Crippen LogP contribution in [-0.2, 0) is 0 Å². The first-order valence-electron chi connectivity index (χ1n) is 6.30. The van der Waals surface area contributed by atoms with Gasteiger partial charge in [-0.15, -0.1) is 0 Å². The Hall–Kier alpha value is -1.91. The van der Waals surface area contributed by atoms with Gasteiger partial charge in [-0.2, -0.15) is 5.10 Å². The SMILES string of the molecule is CCOc1ccc(C=NNc2ccc(Cl)c(Cl)c2)c(O)c1. The summed E-state index contributed by atoms with van der Waals surface area (Å²) in [5.41, 5.74) is 4.09. The van der Waals surface area contributed by atoms with Gasteiger partial charge in [-0.3, -0.25) is 5.43 Å². The average molecular weight is 325 g/mol. The first kappa shape index (κ1) is 15.5. The van der Waals surface area contributed by atoms with E-state index in [2.05, 4.69) is 10.5 Å². The summed E-state index contributed by atoms with van der Waals surface area (Å²) in [5.74, 6) is 0.713. The molecule has 2 aromatic rings. The fraction of sp³-hybridized carbons (Fsp3) is 0.133. The molecule has 2 rings (SSSR count). The molecule has 0 saturated heterocycles. The molecule has 2 N–H and O–H groups in total. The topological polar surface area (TPSA) is 53.8 Å². The van der Waals surface area contributed by atoms with Gasteiger partial charge in [-0.05, 0) is 37.3 Å². The first-order valence-corrected chi connectivity index (χ1v) is 7.05. The Kier molecular flexibility index (Phi) is 5.31. The van der Waals surface area contributed by atoms with Crippen molar-refractivity contribution in [2.45, 2.75) is 6.92 Å². The minimum atomic E-state index is 0.0978. The van der Waals surface area contributed by atoms with Crippen LogP contribution < -0.4 is 10.2 Å². The summed E-state index contributed by atoms with van der Waals surface area (Å²) in [7, 11) is 0. The molecule has 0 atom stereocenters. The number of hydrogen-bond acceptors (Lipinski definition) is 4. The Morgan fingerprint density at radius 3 is 2.67 bits per heavy atom. The van der Waals surface area contributed by atoms with E-state index in [0.29, 0.717) is 33.7 Å². The van der Waals surface area contributed by atoms with Gasteiger partial charge < -0.3 is 9.84 Å². The van der Waals surface area contributed by atoms with Gasteiger partial charge in [-0.25, -0.2) is 0 Å². The van der Waals surface area contributed by atoms with E-state index in [4.69, 9.17) is 27.9 Å². The molecule has 0 aliphatic heterocycles. The zero-order valence-corrected chi connectivity index (χ0v) is 12.8. The number of hydrogen-bond donors (Lipinski definition) is 2. The van der Waals surface area contributed by atoms with Crippen molar-refractivity contribution >= 4 is 35.1 Å². The zero-order valence-electron chi connectivity index (χ0n) is 11.3. The van der Waals surface area contributed by atoms with Crippen LogP contribution in [0.15, 0.2) is 41.5 Å².